The third-order valence-electron chi connectivity index (χ3n) is 2.81. The molecule has 0 radical (unpaired) electrons. The molecule has 0 aliphatic carbocycles. The molecular formula is C13H25N3O2S. The van der Waals surface area contributed by atoms with E-state index in [0.29, 0.717) is 19.3 Å². The number of hydrogen-bond acceptors (Lipinski definition) is 6. The Hall–Kier alpha value is -0.690. The molecule has 1 atom stereocenters. The van der Waals surface area contributed by atoms with E-state index < -0.39 is 0 Å². The lowest BCUT2D eigenvalue weighted by Crippen LogP contribution is -2.38. The molecule has 0 saturated heterocycles. The minimum Gasteiger partial charge on any atom is -0.383 e. The molecule has 1 rings (SSSR count). The van der Waals surface area contributed by atoms with Crippen LogP contribution in [0.15, 0.2) is 6.20 Å². The summed E-state index contributed by atoms with van der Waals surface area (Å²) < 4.78 is 10.4. The van der Waals surface area contributed by atoms with Gasteiger partial charge in [0.15, 0.2) is 5.13 Å². The lowest BCUT2D eigenvalue weighted by molar-refractivity contribution is 0.171. The van der Waals surface area contributed by atoms with Crippen LogP contribution in [0.3, 0.4) is 0 Å². The summed E-state index contributed by atoms with van der Waals surface area (Å²) in [5.41, 5.74) is 0. The van der Waals surface area contributed by atoms with Gasteiger partial charge in [-0.15, -0.1) is 11.3 Å². The molecule has 0 aliphatic rings. The summed E-state index contributed by atoms with van der Waals surface area (Å²) in [5, 5.41) is 4.35. The molecule has 0 aliphatic heterocycles. The fourth-order valence-corrected chi connectivity index (χ4v) is 2.79. The highest BCUT2D eigenvalue weighted by Gasteiger charge is 2.17. The van der Waals surface area contributed by atoms with Crippen molar-refractivity contribution >= 4 is 16.5 Å². The highest BCUT2D eigenvalue weighted by atomic mass is 32.1. The van der Waals surface area contributed by atoms with Crippen LogP contribution in [0.5, 0.6) is 0 Å². The van der Waals surface area contributed by atoms with E-state index in [4.69, 9.17) is 9.47 Å². The molecule has 1 unspecified atom stereocenters. The number of anilines is 1. The molecule has 0 bridgehead atoms. The van der Waals surface area contributed by atoms with E-state index in [-0.39, 0.29) is 0 Å². The largest absolute Gasteiger partial charge is 0.383 e. The van der Waals surface area contributed by atoms with Crippen molar-refractivity contribution in [2.24, 2.45) is 0 Å². The smallest absolute Gasteiger partial charge is 0.185 e. The van der Waals surface area contributed by atoms with Gasteiger partial charge < -0.3 is 19.7 Å². The Bertz CT molecular complexity index is 346. The highest BCUT2D eigenvalue weighted by molar-refractivity contribution is 7.15. The van der Waals surface area contributed by atoms with Crippen molar-refractivity contribution in [2.45, 2.75) is 26.4 Å². The van der Waals surface area contributed by atoms with Crippen molar-refractivity contribution < 1.29 is 9.47 Å². The predicted octanol–water partition coefficient (Wildman–Crippen LogP) is 1.74. The van der Waals surface area contributed by atoms with E-state index in [1.165, 1.54) is 4.88 Å². The molecule has 0 aromatic carbocycles. The Balaban J connectivity index is 2.69. The zero-order valence-electron chi connectivity index (χ0n) is 12.3. The Labute approximate surface area is 119 Å². The summed E-state index contributed by atoms with van der Waals surface area (Å²) in [7, 11) is 3.45. The second-order valence-corrected chi connectivity index (χ2v) is 5.47. The number of aromatic nitrogens is 1. The average molecular weight is 287 g/mol. The number of thiazole rings is 1. The Morgan fingerprint density at radius 1 is 1.42 bits per heavy atom. The van der Waals surface area contributed by atoms with Crippen LogP contribution in [0.1, 0.15) is 18.7 Å². The van der Waals surface area contributed by atoms with Crippen LogP contribution in [0.25, 0.3) is 0 Å². The SMILES string of the molecule is CCNCc1cnc(N(CCOC)C(C)COC)s1. The molecule has 1 N–H and O–H groups in total. The van der Waals surface area contributed by atoms with Gasteiger partial charge in [-0.1, -0.05) is 6.92 Å². The number of rotatable bonds is 10. The van der Waals surface area contributed by atoms with Gasteiger partial charge in [-0.05, 0) is 13.5 Å². The molecule has 0 saturated carbocycles. The van der Waals surface area contributed by atoms with Gasteiger partial charge in [0.05, 0.1) is 19.3 Å². The Morgan fingerprint density at radius 2 is 2.21 bits per heavy atom. The molecule has 1 heterocycles. The molecule has 0 amide bonds. The van der Waals surface area contributed by atoms with Crippen molar-refractivity contribution in [3.05, 3.63) is 11.1 Å². The number of methoxy groups -OCH3 is 2. The first-order valence-electron chi connectivity index (χ1n) is 6.62. The van der Waals surface area contributed by atoms with Crippen molar-refractivity contribution in [1.29, 1.82) is 0 Å². The molecule has 1 aromatic heterocycles. The maximum atomic E-state index is 5.24. The lowest BCUT2D eigenvalue weighted by Gasteiger charge is -2.28. The molecule has 6 heteroatoms. The van der Waals surface area contributed by atoms with Crippen molar-refractivity contribution in [1.82, 2.24) is 10.3 Å². The van der Waals surface area contributed by atoms with Crippen LogP contribution in [0.2, 0.25) is 0 Å². The lowest BCUT2D eigenvalue weighted by atomic mass is 10.3. The van der Waals surface area contributed by atoms with Crippen LogP contribution in [-0.4, -0.2) is 51.5 Å². The maximum absolute atomic E-state index is 5.24. The predicted molar refractivity (Wildman–Crippen MR) is 80.1 cm³/mol. The standard InChI is InChI=1S/C13H25N3O2S/c1-5-14-8-12-9-15-13(19-12)16(6-7-17-3)11(2)10-18-4/h9,11,14H,5-8,10H2,1-4H3. The number of nitrogens with zero attached hydrogens (tertiary/aromatic N) is 2. The highest BCUT2D eigenvalue weighted by Crippen LogP contribution is 2.24. The second-order valence-electron chi connectivity index (χ2n) is 4.38. The number of hydrogen-bond donors (Lipinski definition) is 1. The van der Waals surface area contributed by atoms with Crippen LogP contribution < -0.4 is 10.2 Å². The zero-order valence-corrected chi connectivity index (χ0v) is 13.1. The molecule has 5 nitrogen and oxygen atoms in total. The van der Waals surface area contributed by atoms with Crippen molar-refractivity contribution in [3.63, 3.8) is 0 Å². The van der Waals surface area contributed by atoms with E-state index in [9.17, 15) is 0 Å². The average Bonchev–Trinajstić information content (AvgIpc) is 2.86. The quantitative estimate of drug-likeness (QED) is 0.710. The molecule has 19 heavy (non-hydrogen) atoms. The van der Waals surface area contributed by atoms with E-state index in [1.807, 2.05) is 6.20 Å². The fourth-order valence-electron chi connectivity index (χ4n) is 1.79. The maximum Gasteiger partial charge on any atom is 0.185 e. The van der Waals surface area contributed by atoms with Gasteiger partial charge in [0, 0.05) is 38.4 Å². The summed E-state index contributed by atoms with van der Waals surface area (Å²) in [5.74, 6) is 0. The molecular weight excluding hydrogens is 262 g/mol. The van der Waals surface area contributed by atoms with Crippen LogP contribution >= 0.6 is 11.3 Å². The van der Waals surface area contributed by atoms with Gasteiger partial charge in [-0.3, -0.25) is 0 Å². The Morgan fingerprint density at radius 3 is 2.84 bits per heavy atom. The summed E-state index contributed by atoms with van der Waals surface area (Å²) in [4.78, 5) is 8.02. The third-order valence-corrected chi connectivity index (χ3v) is 3.85. The van der Waals surface area contributed by atoms with E-state index in [1.54, 1.807) is 25.6 Å². The third kappa shape index (κ3) is 5.44. The zero-order chi connectivity index (χ0) is 14.1. The Kier molecular flexibility index (Phi) is 7.97. The normalized spacial score (nSPS) is 12.6. The van der Waals surface area contributed by atoms with Crippen LogP contribution in [-0.2, 0) is 16.0 Å². The van der Waals surface area contributed by atoms with E-state index in [2.05, 4.69) is 29.0 Å². The van der Waals surface area contributed by atoms with Crippen molar-refractivity contribution in [3.8, 4) is 0 Å². The summed E-state index contributed by atoms with van der Waals surface area (Å²) in [6.07, 6.45) is 1.95. The first-order chi connectivity index (χ1) is 9.22. The van der Waals surface area contributed by atoms with Gasteiger partial charge >= 0.3 is 0 Å². The second kappa shape index (κ2) is 9.25. The molecule has 0 spiro atoms. The van der Waals surface area contributed by atoms with Gasteiger partial charge in [0.2, 0.25) is 0 Å². The van der Waals surface area contributed by atoms with Crippen molar-refractivity contribution in [2.75, 3.05) is 45.4 Å². The monoisotopic (exact) mass is 287 g/mol. The molecule has 1 aromatic rings. The minimum atomic E-state index is 0.290. The number of nitrogens with one attached hydrogen (secondary N) is 1. The van der Waals surface area contributed by atoms with Gasteiger partial charge in [-0.2, -0.15) is 0 Å². The van der Waals surface area contributed by atoms with E-state index in [0.717, 1.165) is 24.8 Å². The fraction of sp³-hybridized carbons (Fsp3) is 0.769. The molecule has 0 fully saturated rings. The first kappa shape index (κ1) is 16.4. The minimum absolute atomic E-state index is 0.290. The summed E-state index contributed by atoms with van der Waals surface area (Å²) in [6.45, 7) is 8.31. The number of ether oxygens (including phenoxy) is 2. The first-order valence-corrected chi connectivity index (χ1v) is 7.44. The summed E-state index contributed by atoms with van der Waals surface area (Å²) >= 11 is 1.73. The van der Waals surface area contributed by atoms with Gasteiger partial charge in [0.1, 0.15) is 0 Å². The van der Waals surface area contributed by atoms with Gasteiger partial charge in [0.25, 0.3) is 0 Å². The van der Waals surface area contributed by atoms with Crippen LogP contribution in [0, 0.1) is 0 Å². The molecule has 110 valence electrons. The van der Waals surface area contributed by atoms with Crippen LogP contribution in [0.4, 0.5) is 5.13 Å². The summed E-state index contributed by atoms with van der Waals surface area (Å²) in [6, 6.07) is 0.290. The van der Waals surface area contributed by atoms with Gasteiger partial charge in [-0.25, -0.2) is 4.98 Å². The topological polar surface area (TPSA) is 46.6 Å². The van der Waals surface area contributed by atoms with E-state index >= 15 is 0 Å².